The zero-order valence-electron chi connectivity index (χ0n) is 12.3. The van der Waals surface area contributed by atoms with Crippen LogP contribution in [0, 0.1) is 0 Å². The van der Waals surface area contributed by atoms with Crippen LogP contribution < -0.4 is 5.73 Å². The number of rotatable bonds is 4. The number of sulfonamides is 1. The fraction of sp³-hybridized carbons (Fsp3) is 0.750. The average Bonchev–Trinajstić information content (AvgIpc) is 2.78. The molecule has 1 atom stereocenters. The van der Waals surface area contributed by atoms with Crippen LogP contribution in [0.3, 0.4) is 0 Å². The largest absolute Gasteiger partial charge is 0.381 e. The number of nitrogens with two attached hydrogens (primary N) is 1. The summed E-state index contributed by atoms with van der Waals surface area (Å²) in [5.74, 6) is 0.0665. The van der Waals surface area contributed by atoms with E-state index in [1.807, 2.05) is 0 Å². The zero-order chi connectivity index (χ0) is 14.9. The van der Waals surface area contributed by atoms with Crippen molar-refractivity contribution in [1.29, 1.82) is 0 Å². The van der Waals surface area contributed by atoms with Crippen LogP contribution in [0.1, 0.15) is 20.3 Å². The molecule has 20 heavy (non-hydrogen) atoms. The summed E-state index contributed by atoms with van der Waals surface area (Å²) in [6.07, 6.45) is 2.50. The Kier molecular flexibility index (Phi) is 4.36. The molecule has 2 rings (SSSR count). The number of hydrogen-bond donors (Lipinski definition) is 1. The predicted molar refractivity (Wildman–Crippen MR) is 77.7 cm³/mol. The standard InChI is InChI=1S/C12H23N5O2S/c1-4-10(2)16-5-7-17(8-6-16)20(18,19)12-11(13)14-9-15(12)3/h9-10H,4-8,13H2,1-3H3. The van der Waals surface area contributed by atoms with Gasteiger partial charge in [0.2, 0.25) is 0 Å². The van der Waals surface area contributed by atoms with E-state index in [0.29, 0.717) is 19.1 Å². The van der Waals surface area contributed by atoms with E-state index < -0.39 is 10.0 Å². The summed E-state index contributed by atoms with van der Waals surface area (Å²) < 4.78 is 28.2. The maximum absolute atomic E-state index is 12.6. The van der Waals surface area contributed by atoms with Gasteiger partial charge >= 0.3 is 0 Å². The molecule has 1 aromatic heterocycles. The van der Waals surface area contributed by atoms with Crippen molar-refractivity contribution in [3.63, 3.8) is 0 Å². The molecule has 0 spiro atoms. The number of nitrogens with zero attached hydrogens (tertiary/aromatic N) is 4. The van der Waals surface area contributed by atoms with Crippen LogP contribution in [-0.4, -0.2) is 59.4 Å². The lowest BCUT2D eigenvalue weighted by molar-refractivity contribution is 0.142. The molecule has 1 aromatic rings. The first-order valence-electron chi connectivity index (χ1n) is 6.89. The summed E-state index contributed by atoms with van der Waals surface area (Å²) >= 11 is 0. The highest BCUT2D eigenvalue weighted by Crippen LogP contribution is 2.22. The minimum Gasteiger partial charge on any atom is -0.381 e. The van der Waals surface area contributed by atoms with Crippen LogP contribution in [-0.2, 0) is 17.1 Å². The van der Waals surface area contributed by atoms with Gasteiger partial charge in [0.15, 0.2) is 10.8 Å². The van der Waals surface area contributed by atoms with Gasteiger partial charge in [0.05, 0.1) is 6.33 Å². The van der Waals surface area contributed by atoms with Crippen LogP contribution in [0.4, 0.5) is 5.82 Å². The highest BCUT2D eigenvalue weighted by Gasteiger charge is 2.33. The smallest absolute Gasteiger partial charge is 0.262 e. The summed E-state index contributed by atoms with van der Waals surface area (Å²) in [6, 6.07) is 0.488. The monoisotopic (exact) mass is 301 g/mol. The molecule has 0 bridgehead atoms. The molecule has 0 aliphatic carbocycles. The summed E-state index contributed by atoms with van der Waals surface area (Å²) in [7, 11) is -1.91. The third-order valence-corrected chi connectivity index (χ3v) is 6.01. The molecule has 1 unspecified atom stereocenters. The van der Waals surface area contributed by atoms with Gasteiger partial charge in [0.1, 0.15) is 0 Å². The van der Waals surface area contributed by atoms with Crippen LogP contribution >= 0.6 is 0 Å². The molecule has 1 aliphatic rings. The number of aryl methyl sites for hydroxylation is 1. The van der Waals surface area contributed by atoms with E-state index >= 15 is 0 Å². The minimum absolute atomic E-state index is 0.0665. The molecule has 114 valence electrons. The predicted octanol–water partition coefficient (Wildman–Crippen LogP) is 0.107. The average molecular weight is 301 g/mol. The van der Waals surface area contributed by atoms with Gasteiger partial charge in [-0.15, -0.1) is 0 Å². The third-order valence-electron chi connectivity index (χ3n) is 3.98. The van der Waals surface area contributed by atoms with E-state index in [2.05, 4.69) is 23.7 Å². The van der Waals surface area contributed by atoms with Crippen molar-refractivity contribution in [2.75, 3.05) is 31.9 Å². The SMILES string of the molecule is CCC(C)N1CCN(S(=O)(=O)c2c(N)ncn2C)CC1. The molecule has 0 aromatic carbocycles. The first-order chi connectivity index (χ1) is 9.37. The van der Waals surface area contributed by atoms with E-state index in [4.69, 9.17) is 5.73 Å². The van der Waals surface area contributed by atoms with Crippen molar-refractivity contribution in [1.82, 2.24) is 18.8 Å². The summed E-state index contributed by atoms with van der Waals surface area (Å²) in [5, 5.41) is 0.0921. The number of piperazine rings is 1. The molecule has 1 aliphatic heterocycles. The Morgan fingerprint density at radius 3 is 2.40 bits per heavy atom. The Labute approximate surface area is 120 Å². The van der Waals surface area contributed by atoms with Crippen molar-refractivity contribution in [2.24, 2.45) is 7.05 Å². The molecule has 1 fully saturated rings. The van der Waals surface area contributed by atoms with E-state index in [1.165, 1.54) is 15.2 Å². The fourth-order valence-electron chi connectivity index (χ4n) is 2.52. The topological polar surface area (TPSA) is 84.5 Å². The molecular weight excluding hydrogens is 278 g/mol. The Morgan fingerprint density at radius 2 is 1.95 bits per heavy atom. The first-order valence-corrected chi connectivity index (χ1v) is 8.33. The van der Waals surface area contributed by atoms with Crippen molar-refractivity contribution in [2.45, 2.75) is 31.3 Å². The molecule has 1 saturated heterocycles. The Bertz CT molecular complexity index is 541. The van der Waals surface area contributed by atoms with Gasteiger partial charge in [0.25, 0.3) is 10.0 Å². The second-order valence-electron chi connectivity index (χ2n) is 5.24. The maximum Gasteiger partial charge on any atom is 0.262 e. The molecule has 0 radical (unpaired) electrons. The van der Waals surface area contributed by atoms with E-state index in [9.17, 15) is 8.42 Å². The number of aromatic nitrogens is 2. The molecule has 8 heteroatoms. The van der Waals surface area contributed by atoms with Gasteiger partial charge < -0.3 is 10.3 Å². The zero-order valence-corrected chi connectivity index (χ0v) is 13.1. The summed E-state index contributed by atoms with van der Waals surface area (Å²) in [6.45, 7) is 6.82. The second-order valence-corrected chi connectivity index (χ2v) is 7.10. The minimum atomic E-state index is -3.55. The summed E-state index contributed by atoms with van der Waals surface area (Å²) in [4.78, 5) is 6.18. The first kappa shape index (κ1) is 15.3. The van der Waals surface area contributed by atoms with E-state index in [0.717, 1.165) is 19.5 Å². The lowest BCUT2D eigenvalue weighted by Crippen LogP contribution is -2.51. The van der Waals surface area contributed by atoms with Crippen molar-refractivity contribution >= 4 is 15.8 Å². The molecule has 0 saturated carbocycles. The third kappa shape index (κ3) is 2.68. The van der Waals surface area contributed by atoms with Crippen molar-refractivity contribution < 1.29 is 8.42 Å². The van der Waals surface area contributed by atoms with Crippen LogP contribution in [0.25, 0.3) is 0 Å². The number of anilines is 1. The van der Waals surface area contributed by atoms with Gasteiger partial charge in [-0.25, -0.2) is 13.4 Å². The highest BCUT2D eigenvalue weighted by atomic mass is 32.2. The van der Waals surface area contributed by atoms with Crippen LogP contribution in [0.2, 0.25) is 0 Å². The Balaban J connectivity index is 2.14. The van der Waals surface area contributed by atoms with Gasteiger partial charge in [-0.1, -0.05) is 6.92 Å². The maximum atomic E-state index is 12.6. The quantitative estimate of drug-likeness (QED) is 0.853. The normalized spacial score (nSPS) is 20.1. The van der Waals surface area contributed by atoms with Gasteiger partial charge in [0, 0.05) is 39.3 Å². The lowest BCUT2D eigenvalue weighted by Gasteiger charge is -2.37. The van der Waals surface area contributed by atoms with Gasteiger partial charge in [-0.05, 0) is 13.3 Å². The van der Waals surface area contributed by atoms with Crippen LogP contribution in [0.5, 0.6) is 0 Å². The van der Waals surface area contributed by atoms with Gasteiger partial charge in [-0.3, -0.25) is 4.90 Å². The highest BCUT2D eigenvalue weighted by molar-refractivity contribution is 7.89. The van der Waals surface area contributed by atoms with Crippen molar-refractivity contribution in [3.05, 3.63) is 6.33 Å². The number of imidazole rings is 1. The van der Waals surface area contributed by atoms with Gasteiger partial charge in [-0.2, -0.15) is 4.31 Å². The number of hydrogen-bond acceptors (Lipinski definition) is 5. The lowest BCUT2D eigenvalue weighted by atomic mass is 10.2. The summed E-state index contributed by atoms with van der Waals surface area (Å²) in [5.41, 5.74) is 5.68. The Hall–Kier alpha value is -1.12. The number of nitrogen functional groups attached to an aromatic ring is 1. The molecule has 2 N–H and O–H groups in total. The van der Waals surface area contributed by atoms with Crippen LogP contribution in [0.15, 0.2) is 11.4 Å². The molecular formula is C12H23N5O2S. The van der Waals surface area contributed by atoms with E-state index in [1.54, 1.807) is 7.05 Å². The molecule has 7 nitrogen and oxygen atoms in total. The van der Waals surface area contributed by atoms with Crippen molar-refractivity contribution in [3.8, 4) is 0 Å². The second kappa shape index (κ2) is 5.71. The molecule has 0 amide bonds. The van der Waals surface area contributed by atoms with E-state index in [-0.39, 0.29) is 10.8 Å². The fourth-order valence-corrected chi connectivity index (χ4v) is 4.13. The Morgan fingerprint density at radius 1 is 1.35 bits per heavy atom. The molecule has 2 heterocycles.